The van der Waals surface area contributed by atoms with Gasteiger partial charge in [-0.05, 0) is 43.6 Å². The van der Waals surface area contributed by atoms with E-state index >= 15 is 0 Å². The summed E-state index contributed by atoms with van der Waals surface area (Å²) in [6.07, 6.45) is 6.08. The van der Waals surface area contributed by atoms with Crippen molar-refractivity contribution < 1.29 is 4.79 Å². The number of amides is 1. The van der Waals surface area contributed by atoms with Gasteiger partial charge in [0.25, 0.3) is 0 Å². The van der Waals surface area contributed by atoms with Crippen LogP contribution in [0.5, 0.6) is 0 Å². The van der Waals surface area contributed by atoms with Gasteiger partial charge in [-0.3, -0.25) is 4.79 Å². The molecule has 2 N–H and O–H groups in total. The maximum absolute atomic E-state index is 12.4. The Morgan fingerprint density at radius 3 is 2.50 bits per heavy atom. The Bertz CT molecular complexity index is 292. The Morgan fingerprint density at radius 2 is 1.78 bits per heavy atom. The van der Waals surface area contributed by atoms with Gasteiger partial charge >= 0.3 is 0 Å². The summed E-state index contributed by atoms with van der Waals surface area (Å²) in [5, 5.41) is 6.67. The molecule has 1 amide bonds. The normalized spacial score (nSPS) is 41.4. The molecule has 104 valence electrons. The number of rotatable bonds is 2. The fraction of sp³-hybridized carbons (Fsp3) is 0.933. The van der Waals surface area contributed by atoms with E-state index in [0.29, 0.717) is 17.9 Å². The van der Waals surface area contributed by atoms with Gasteiger partial charge in [0, 0.05) is 6.04 Å². The van der Waals surface area contributed by atoms with Crippen molar-refractivity contribution in [2.45, 2.75) is 65.0 Å². The fourth-order valence-corrected chi connectivity index (χ4v) is 3.46. The van der Waals surface area contributed by atoms with E-state index in [1.54, 1.807) is 0 Å². The third kappa shape index (κ3) is 3.05. The minimum atomic E-state index is 0.0307. The first-order valence-corrected chi connectivity index (χ1v) is 7.63. The largest absolute Gasteiger partial charge is 0.352 e. The van der Waals surface area contributed by atoms with Gasteiger partial charge in [-0.1, -0.05) is 33.6 Å². The van der Waals surface area contributed by atoms with Crippen LogP contribution >= 0.6 is 0 Å². The first kappa shape index (κ1) is 13.9. The van der Waals surface area contributed by atoms with E-state index in [-0.39, 0.29) is 11.9 Å². The summed E-state index contributed by atoms with van der Waals surface area (Å²) in [4.78, 5) is 12.4. The van der Waals surface area contributed by atoms with Crippen molar-refractivity contribution in [3.63, 3.8) is 0 Å². The smallest absolute Gasteiger partial charge is 0.237 e. The minimum absolute atomic E-state index is 0.0307. The Kier molecular flexibility index (Phi) is 4.66. The van der Waals surface area contributed by atoms with Gasteiger partial charge in [0.2, 0.25) is 5.91 Å². The lowest BCUT2D eigenvalue weighted by Gasteiger charge is -2.37. The second-order valence-electron chi connectivity index (χ2n) is 6.43. The van der Waals surface area contributed by atoms with Gasteiger partial charge < -0.3 is 10.6 Å². The number of hydrogen-bond acceptors (Lipinski definition) is 2. The van der Waals surface area contributed by atoms with Gasteiger partial charge in [-0.15, -0.1) is 0 Å². The Labute approximate surface area is 111 Å². The molecular weight excluding hydrogens is 224 g/mol. The Balaban J connectivity index is 1.89. The zero-order valence-corrected chi connectivity index (χ0v) is 12.0. The van der Waals surface area contributed by atoms with Crippen LogP contribution in [-0.4, -0.2) is 24.5 Å². The second-order valence-corrected chi connectivity index (χ2v) is 6.43. The molecule has 5 atom stereocenters. The van der Waals surface area contributed by atoms with Crippen molar-refractivity contribution in [3.05, 3.63) is 0 Å². The molecule has 0 aromatic rings. The number of carbonyl (C=O) groups excluding carboxylic acids is 1. The van der Waals surface area contributed by atoms with Gasteiger partial charge in [-0.25, -0.2) is 0 Å². The maximum Gasteiger partial charge on any atom is 0.237 e. The first-order valence-electron chi connectivity index (χ1n) is 7.63. The quantitative estimate of drug-likeness (QED) is 0.792. The highest BCUT2D eigenvalue weighted by molar-refractivity contribution is 5.82. The number of piperidine rings is 1. The van der Waals surface area contributed by atoms with Crippen molar-refractivity contribution in [2.24, 2.45) is 17.8 Å². The van der Waals surface area contributed by atoms with E-state index in [4.69, 9.17) is 0 Å². The van der Waals surface area contributed by atoms with Gasteiger partial charge in [0.1, 0.15) is 0 Å². The lowest BCUT2D eigenvalue weighted by molar-refractivity contribution is -0.126. The van der Waals surface area contributed by atoms with Gasteiger partial charge in [0.05, 0.1) is 6.04 Å². The van der Waals surface area contributed by atoms with Crippen LogP contribution in [0, 0.1) is 17.8 Å². The lowest BCUT2D eigenvalue weighted by atomic mass is 9.78. The van der Waals surface area contributed by atoms with Crippen LogP contribution in [-0.2, 0) is 4.79 Å². The molecule has 2 rings (SSSR count). The molecule has 1 aliphatic carbocycles. The summed E-state index contributed by atoms with van der Waals surface area (Å²) < 4.78 is 0. The predicted molar refractivity (Wildman–Crippen MR) is 74.3 cm³/mol. The molecule has 1 saturated carbocycles. The van der Waals surface area contributed by atoms with E-state index in [1.807, 2.05) is 0 Å². The van der Waals surface area contributed by atoms with Crippen LogP contribution in [0.3, 0.4) is 0 Å². The lowest BCUT2D eigenvalue weighted by Crippen LogP contribution is -2.55. The van der Waals surface area contributed by atoms with Crippen LogP contribution in [0.4, 0.5) is 0 Å². The molecule has 2 fully saturated rings. The number of carbonyl (C=O) groups is 1. The molecule has 0 bridgehead atoms. The molecule has 1 aliphatic heterocycles. The first-order chi connectivity index (χ1) is 8.59. The van der Waals surface area contributed by atoms with Crippen molar-refractivity contribution in [1.82, 2.24) is 10.6 Å². The van der Waals surface area contributed by atoms with Crippen LogP contribution in [0.2, 0.25) is 0 Å². The summed E-state index contributed by atoms with van der Waals surface area (Å²) in [6.45, 7) is 7.76. The highest BCUT2D eigenvalue weighted by Crippen LogP contribution is 2.29. The van der Waals surface area contributed by atoms with Crippen molar-refractivity contribution >= 4 is 5.91 Å². The van der Waals surface area contributed by atoms with Crippen LogP contribution < -0.4 is 10.6 Å². The van der Waals surface area contributed by atoms with Crippen LogP contribution in [0.15, 0.2) is 0 Å². The molecule has 5 unspecified atom stereocenters. The summed E-state index contributed by atoms with van der Waals surface area (Å²) in [7, 11) is 0. The monoisotopic (exact) mass is 252 g/mol. The Morgan fingerprint density at radius 1 is 1.06 bits per heavy atom. The van der Waals surface area contributed by atoms with Crippen LogP contribution in [0.1, 0.15) is 52.9 Å². The topological polar surface area (TPSA) is 41.1 Å². The molecular formula is C15H28N2O. The minimum Gasteiger partial charge on any atom is -0.352 e. The summed E-state index contributed by atoms with van der Waals surface area (Å²) >= 11 is 0. The molecule has 0 radical (unpaired) electrons. The molecule has 0 aromatic heterocycles. The third-order valence-electron chi connectivity index (χ3n) is 5.09. The zero-order valence-electron chi connectivity index (χ0n) is 12.0. The number of hydrogen-bond donors (Lipinski definition) is 2. The predicted octanol–water partition coefficient (Wildman–Crippen LogP) is 2.32. The summed E-state index contributed by atoms with van der Waals surface area (Å²) in [6, 6.07) is 0.417. The SMILES string of the molecule is CC1CCCNC1C(=O)NC1CCCC(C)C1C. The van der Waals surface area contributed by atoms with Crippen molar-refractivity contribution in [1.29, 1.82) is 0 Å². The average Bonchev–Trinajstić information content (AvgIpc) is 2.35. The molecule has 0 spiro atoms. The van der Waals surface area contributed by atoms with E-state index in [9.17, 15) is 4.79 Å². The van der Waals surface area contributed by atoms with Crippen molar-refractivity contribution in [2.75, 3.05) is 6.54 Å². The average molecular weight is 252 g/mol. The molecule has 3 heteroatoms. The van der Waals surface area contributed by atoms with Crippen LogP contribution in [0.25, 0.3) is 0 Å². The standard InChI is InChI=1S/C15H28N2O/c1-10-6-4-8-13(12(10)3)17-15(18)14-11(2)7-5-9-16-14/h10-14,16H,4-9H2,1-3H3,(H,17,18). The fourth-order valence-electron chi connectivity index (χ4n) is 3.46. The highest BCUT2D eigenvalue weighted by Gasteiger charge is 2.32. The van der Waals surface area contributed by atoms with Gasteiger partial charge in [0.15, 0.2) is 0 Å². The summed E-state index contributed by atoms with van der Waals surface area (Å²) in [5.41, 5.74) is 0. The zero-order chi connectivity index (χ0) is 13.1. The molecule has 0 aromatic carbocycles. The van der Waals surface area contributed by atoms with E-state index in [1.165, 1.54) is 25.7 Å². The molecule has 3 nitrogen and oxygen atoms in total. The Hall–Kier alpha value is -0.570. The molecule has 2 aliphatic rings. The third-order valence-corrected chi connectivity index (χ3v) is 5.09. The maximum atomic E-state index is 12.4. The van der Waals surface area contributed by atoms with Gasteiger partial charge in [-0.2, -0.15) is 0 Å². The van der Waals surface area contributed by atoms with Crippen molar-refractivity contribution in [3.8, 4) is 0 Å². The van der Waals surface area contributed by atoms with E-state index in [2.05, 4.69) is 31.4 Å². The van der Waals surface area contributed by atoms with E-state index in [0.717, 1.165) is 18.9 Å². The molecule has 1 saturated heterocycles. The highest BCUT2D eigenvalue weighted by atomic mass is 16.2. The molecule has 18 heavy (non-hydrogen) atoms. The summed E-state index contributed by atoms with van der Waals surface area (Å²) in [5.74, 6) is 2.05. The second kappa shape index (κ2) is 6.05. The number of nitrogens with one attached hydrogen (secondary N) is 2. The van der Waals surface area contributed by atoms with E-state index < -0.39 is 0 Å². The molecule has 1 heterocycles.